The maximum Gasteiger partial charge on any atom is 0.244 e. The topological polar surface area (TPSA) is 156 Å². The number of nitrogens with two attached hydrogens (primary N) is 1. The molecule has 2 aliphatic heterocycles. The molecule has 11 heteroatoms. The first kappa shape index (κ1) is 28.3. The van der Waals surface area contributed by atoms with Gasteiger partial charge in [-0.25, -0.2) is 0 Å². The first-order valence-electron chi connectivity index (χ1n) is 13.5. The number of ether oxygens (including phenoxy) is 2. The van der Waals surface area contributed by atoms with Gasteiger partial charge in [0.05, 0.1) is 38.5 Å². The predicted molar refractivity (Wildman–Crippen MR) is 137 cm³/mol. The number of carbonyl (C=O) groups excluding carboxylic acids is 4. The molecule has 4 N–H and O–H groups in total. The Labute approximate surface area is 223 Å². The number of primary amides is 1. The van der Waals surface area contributed by atoms with E-state index in [2.05, 4.69) is 10.6 Å². The summed E-state index contributed by atoms with van der Waals surface area (Å²) in [5.74, 6) is -2.27. The highest BCUT2D eigenvalue weighted by Crippen LogP contribution is 2.41. The van der Waals surface area contributed by atoms with Gasteiger partial charge in [-0.1, -0.05) is 25.7 Å². The number of nitrogens with zero attached hydrogens (tertiary/aromatic N) is 1. The second-order valence-electron chi connectivity index (χ2n) is 11.1. The van der Waals surface area contributed by atoms with E-state index in [0.29, 0.717) is 38.5 Å². The number of amides is 3. The van der Waals surface area contributed by atoms with Crippen LogP contribution in [0.4, 0.5) is 0 Å². The maximum absolute atomic E-state index is 13.8. The van der Waals surface area contributed by atoms with Crippen LogP contribution >= 0.6 is 0 Å². The Hall–Kier alpha value is -2.76. The highest BCUT2D eigenvalue weighted by atomic mass is 16.6. The Morgan fingerprint density at radius 2 is 1.89 bits per heavy atom. The van der Waals surface area contributed by atoms with Crippen LogP contribution in [-0.4, -0.2) is 85.0 Å². The third-order valence-electron chi connectivity index (χ3n) is 8.11. The standard InChI is InChI=1S/C27H40N4O7/c1-18(29-22(32)16-31-9-12-36-13-10-31)24(34)30-27(25(28)35,15-20-8-5-11-37-20)21(14-19-6-3-4-7-19)23(33)26(2)17-38-26/h5,8,11,18-19,21H,3-4,6-7,9-10,12-17H2,1-2H3,(H2,28,35)(H,29,32)(H,30,34)/t18-,21+,26+,27?/m0/s1. The highest BCUT2D eigenvalue weighted by molar-refractivity contribution is 6.01. The van der Waals surface area contributed by atoms with Gasteiger partial charge in [-0.2, -0.15) is 0 Å². The van der Waals surface area contributed by atoms with Crippen LogP contribution in [0.2, 0.25) is 0 Å². The average Bonchev–Trinajstić information content (AvgIpc) is 3.26. The Bertz CT molecular complexity index is 997. The molecule has 11 nitrogen and oxygen atoms in total. The van der Waals surface area contributed by atoms with Crippen molar-refractivity contribution in [2.75, 3.05) is 39.5 Å². The van der Waals surface area contributed by atoms with E-state index < -0.39 is 34.9 Å². The van der Waals surface area contributed by atoms with Crippen molar-refractivity contribution < 1.29 is 33.1 Å². The second-order valence-corrected chi connectivity index (χ2v) is 11.1. The van der Waals surface area contributed by atoms with Crippen molar-refractivity contribution >= 4 is 23.5 Å². The first-order valence-corrected chi connectivity index (χ1v) is 13.5. The van der Waals surface area contributed by atoms with Gasteiger partial charge in [0, 0.05) is 19.5 Å². The van der Waals surface area contributed by atoms with Gasteiger partial charge in [-0.05, 0) is 38.3 Å². The molecule has 2 saturated heterocycles. The molecule has 1 aromatic heterocycles. The molecule has 3 fully saturated rings. The van der Waals surface area contributed by atoms with Gasteiger partial charge < -0.3 is 30.3 Å². The summed E-state index contributed by atoms with van der Waals surface area (Å²) in [5.41, 5.74) is 3.27. The minimum atomic E-state index is -1.76. The quantitative estimate of drug-likeness (QED) is 0.311. The molecule has 38 heavy (non-hydrogen) atoms. The van der Waals surface area contributed by atoms with E-state index in [1.165, 1.54) is 6.26 Å². The van der Waals surface area contributed by atoms with Crippen LogP contribution < -0.4 is 16.4 Å². The number of hydrogen-bond acceptors (Lipinski definition) is 8. The molecule has 0 bridgehead atoms. The second kappa shape index (κ2) is 12.0. The molecule has 4 atom stereocenters. The normalized spacial score (nSPS) is 25.2. The van der Waals surface area contributed by atoms with Gasteiger partial charge in [0.15, 0.2) is 5.78 Å². The lowest BCUT2D eigenvalue weighted by Gasteiger charge is -2.40. The SMILES string of the molecule is C[C@H](NC(=O)CN1CCOCC1)C(=O)NC(Cc1ccco1)(C(N)=O)[C@H](CC1CCCC1)C(=O)[C@@]1(C)CO1. The molecule has 3 heterocycles. The Morgan fingerprint density at radius 1 is 1.21 bits per heavy atom. The molecule has 1 aliphatic carbocycles. The molecule has 1 unspecified atom stereocenters. The van der Waals surface area contributed by atoms with Crippen LogP contribution in [0.25, 0.3) is 0 Å². The number of furan rings is 1. The number of hydrogen-bond donors (Lipinski definition) is 3. The minimum absolute atomic E-state index is 0.0886. The van der Waals surface area contributed by atoms with Gasteiger partial charge in [-0.3, -0.25) is 24.1 Å². The minimum Gasteiger partial charge on any atom is -0.469 e. The summed E-state index contributed by atoms with van der Waals surface area (Å²) in [6.45, 7) is 6.00. The summed E-state index contributed by atoms with van der Waals surface area (Å²) in [6, 6.07) is 2.40. The van der Waals surface area contributed by atoms with Crippen LogP contribution in [0.5, 0.6) is 0 Å². The molecule has 1 aromatic rings. The fourth-order valence-electron chi connectivity index (χ4n) is 5.64. The summed E-state index contributed by atoms with van der Waals surface area (Å²) in [5, 5.41) is 5.55. The van der Waals surface area contributed by atoms with E-state index >= 15 is 0 Å². The third kappa shape index (κ3) is 6.62. The van der Waals surface area contributed by atoms with Crippen molar-refractivity contribution in [3.63, 3.8) is 0 Å². The predicted octanol–water partition coefficient (Wildman–Crippen LogP) is 0.554. The number of Topliss-reactive ketones (excluding diaryl/α,β-unsaturated/α-hetero) is 1. The molecule has 3 aliphatic rings. The number of rotatable bonds is 13. The van der Waals surface area contributed by atoms with Crippen LogP contribution in [0.3, 0.4) is 0 Å². The van der Waals surface area contributed by atoms with Gasteiger partial charge in [-0.15, -0.1) is 0 Å². The van der Waals surface area contributed by atoms with Crippen molar-refractivity contribution in [2.24, 2.45) is 17.6 Å². The van der Waals surface area contributed by atoms with Crippen molar-refractivity contribution in [3.05, 3.63) is 24.2 Å². The smallest absolute Gasteiger partial charge is 0.244 e. The molecule has 0 spiro atoms. The number of epoxide rings is 1. The monoisotopic (exact) mass is 532 g/mol. The molecule has 0 radical (unpaired) electrons. The number of morpholine rings is 1. The third-order valence-corrected chi connectivity index (χ3v) is 8.11. The Kier molecular flexibility index (Phi) is 8.89. The highest BCUT2D eigenvalue weighted by Gasteiger charge is 2.58. The zero-order chi connectivity index (χ0) is 27.3. The van der Waals surface area contributed by atoms with E-state index in [9.17, 15) is 19.2 Å². The Morgan fingerprint density at radius 3 is 2.47 bits per heavy atom. The number of nitrogens with one attached hydrogen (secondary N) is 2. The van der Waals surface area contributed by atoms with Crippen LogP contribution in [0.1, 0.15) is 51.7 Å². The van der Waals surface area contributed by atoms with E-state index in [1.54, 1.807) is 26.0 Å². The first-order chi connectivity index (χ1) is 18.1. The lowest BCUT2D eigenvalue weighted by atomic mass is 9.70. The van der Waals surface area contributed by atoms with Crippen LogP contribution in [-0.2, 0) is 35.1 Å². The summed E-state index contributed by atoms with van der Waals surface area (Å²) < 4.78 is 16.3. The largest absolute Gasteiger partial charge is 0.469 e. The van der Waals surface area contributed by atoms with Crippen molar-refractivity contribution in [1.82, 2.24) is 15.5 Å². The number of carbonyl (C=O) groups is 4. The maximum atomic E-state index is 13.8. The van der Waals surface area contributed by atoms with Gasteiger partial charge in [0.2, 0.25) is 17.7 Å². The lowest BCUT2D eigenvalue weighted by molar-refractivity contribution is -0.143. The van der Waals surface area contributed by atoms with Gasteiger partial charge in [0.1, 0.15) is 22.9 Å². The average molecular weight is 533 g/mol. The van der Waals surface area contributed by atoms with Crippen molar-refractivity contribution in [3.8, 4) is 0 Å². The molecule has 1 saturated carbocycles. The fraction of sp³-hybridized carbons (Fsp3) is 0.704. The van der Waals surface area contributed by atoms with Gasteiger partial charge in [0.25, 0.3) is 0 Å². The summed E-state index contributed by atoms with van der Waals surface area (Å²) in [4.78, 5) is 55.3. The van der Waals surface area contributed by atoms with Crippen LogP contribution in [0.15, 0.2) is 22.8 Å². The fourth-order valence-corrected chi connectivity index (χ4v) is 5.64. The molecule has 3 amide bonds. The molecular formula is C27H40N4O7. The van der Waals surface area contributed by atoms with Crippen molar-refractivity contribution in [2.45, 2.75) is 69.6 Å². The molecule has 210 valence electrons. The molecular weight excluding hydrogens is 492 g/mol. The summed E-state index contributed by atoms with van der Waals surface area (Å²) in [7, 11) is 0. The summed E-state index contributed by atoms with van der Waals surface area (Å²) in [6.07, 6.45) is 5.78. The molecule has 0 aromatic carbocycles. The number of ketones is 1. The van der Waals surface area contributed by atoms with Crippen LogP contribution in [0, 0.1) is 11.8 Å². The Balaban J connectivity index is 1.58. The lowest BCUT2D eigenvalue weighted by Crippen LogP contribution is -2.68. The van der Waals surface area contributed by atoms with E-state index in [4.69, 9.17) is 19.6 Å². The summed E-state index contributed by atoms with van der Waals surface area (Å²) >= 11 is 0. The van der Waals surface area contributed by atoms with Gasteiger partial charge >= 0.3 is 0 Å². The van der Waals surface area contributed by atoms with E-state index in [0.717, 1.165) is 25.7 Å². The zero-order valence-electron chi connectivity index (χ0n) is 22.3. The molecule has 4 rings (SSSR count). The van der Waals surface area contributed by atoms with E-state index in [-0.39, 0.29) is 37.2 Å². The van der Waals surface area contributed by atoms with E-state index in [1.807, 2.05) is 4.90 Å². The zero-order valence-corrected chi connectivity index (χ0v) is 22.3. The van der Waals surface area contributed by atoms with Crippen molar-refractivity contribution in [1.29, 1.82) is 0 Å².